The van der Waals surface area contributed by atoms with Crippen LogP contribution in [0.1, 0.15) is 15.9 Å². The number of hydrogen-bond donors (Lipinski definition) is 1. The van der Waals surface area contributed by atoms with Crippen LogP contribution in [0.15, 0.2) is 60.3 Å². The number of hydrogen-bond acceptors (Lipinski definition) is 5. The van der Waals surface area contributed by atoms with Crippen molar-refractivity contribution < 1.29 is 18.0 Å². The molecule has 32 heavy (non-hydrogen) atoms. The Morgan fingerprint density at radius 2 is 1.78 bits per heavy atom. The van der Waals surface area contributed by atoms with E-state index in [1.165, 1.54) is 15.4 Å². The van der Waals surface area contributed by atoms with E-state index < -0.39 is 10.0 Å². The van der Waals surface area contributed by atoms with E-state index in [2.05, 4.69) is 16.5 Å². The Bertz CT molecular complexity index is 1320. The van der Waals surface area contributed by atoms with Crippen LogP contribution in [0, 0.1) is 0 Å². The van der Waals surface area contributed by atoms with E-state index in [-0.39, 0.29) is 49.4 Å². The van der Waals surface area contributed by atoms with Gasteiger partial charge in [0.1, 0.15) is 17.1 Å². The molecule has 2 aromatic heterocycles. The quantitative estimate of drug-likeness (QED) is 0.647. The van der Waals surface area contributed by atoms with Crippen molar-refractivity contribution >= 4 is 38.6 Å². The maximum absolute atomic E-state index is 13.1. The predicted molar refractivity (Wildman–Crippen MR) is 118 cm³/mol. The number of nitrogens with zero attached hydrogens (tertiary/aromatic N) is 4. The number of aromatic amines is 1. The lowest BCUT2D eigenvalue weighted by Crippen LogP contribution is -2.52. The summed E-state index contributed by atoms with van der Waals surface area (Å²) in [5.74, 6) is -0.478. The maximum Gasteiger partial charge on any atom is 0.259 e. The fraction of sp³-hybridized carbons (Fsp3) is 0.227. The molecule has 2 amide bonds. The summed E-state index contributed by atoms with van der Waals surface area (Å²) in [6.07, 6.45) is 3.05. The van der Waals surface area contributed by atoms with E-state index in [1.54, 1.807) is 35.4 Å². The first-order valence-corrected chi connectivity index (χ1v) is 11.6. The summed E-state index contributed by atoms with van der Waals surface area (Å²) in [4.78, 5) is 35.7. The number of carbonyl (C=O) groups excluding carboxylic acids is 2. The van der Waals surface area contributed by atoms with E-state index >= 15 is 0 Å². The van der Waals surface area contributed by atoms with Gasteiger partial charge in [-0.15, -0.1) is 0 Å². The van der Waals surface area contributed by atoms with Crippen molar-refractivity contribution in [3.8, 4) is 0 Å². The zero-order chi connectivity index (χ0) is 22.5. The maximum atomic E-state index is 13.1. The van der Waals surface area contributed by atoms with Crippen LogP contribution in [0.25, 0.3) is 16.7 Å². The molecule has 1 N–H and O–H groups in total. The van der Waals surface area contributed by atoms with Crippen molar-refractivity contribution in [2.75, 3.05) is 32.7 Å². The molecule has 0 atom stereocenters. The number of carbonyl (C=O) groups is 2. The second-order valence-corrected chi connectivity index (χ2v) is 9.63. The standard InChI is InChI=1S/C22H21N5O4S/c1-15-16-5-2-3-6-17(16)22(29)27(15)14-20(28)25-9-11-26(12-10-25)32(30,31)19-13-24-21-18(19)7-4-8-23-21/h2-8,13H,1,9-12,14H2,(H,23,24). The molecular formula is C22H21N5O4S. The van der Waals surface area contributed by atoms with Crippen LogP contribution in [0.2, 0.25) is 0 Å². The van der Waals surface area contributed by atoms with Gasteiger partial charge in [-0.25, -0.2) is 13.4 Å². The Morgan fingerprint density at radius 1 is 1.06 bits per heavy atom. The molecule has 9 nitrogen and oxygen atoms in total. The predicted octanol–water partition coefficient (Wildman–Crippen LogP) is 1.52. The lowest BCUT2D eigenvalue weighted by molar-refractivity contribution is -0.132. The first kappa shape index (κ1) is 20.4. The van der Waals surface area contributed by atoms with E-state index in [4.69, 9.17) is 0 Å². The molecule has 0 spiro atoms. The minimum absolute atomic E-state index is 0.118. The van der Waals surface area contributed by atoms with Crippen molar-refractivity contribution in [3.05, 3.63) is 66.5 Å². The Hall–Kier alpha value is -3.50. The van der Waals surface area contributed by atoms with Crippen molar-refractivity contribution in [1.82, 2.24) is 24.1 Å². The zero-order valence-electron chi connectivity index (χ0n) is 17.2. The van der Waals surface area contributed by atoms with Gasteiger partial charge in [0.2, 0.25) is 15.9 Å². The lowest BCUT2D eigenvalue weighted by Gasteiger charge is -2.34. The summed E-state index contributed by atoms with van der Waals surface area (Å²) in [6.45, 7) is 4.70. The van der Waals surface area contributed by atoms with Gasteiger partial charge in [-0.2, -0.15) is 4.31 Å². The molecule has 0 saturated carbocycles. The first-order valence-electron chi connectivity index (χ1n) is 10.2. The normalized spacial score (nSPS) is 17.2. The lowest BCUT2D eigenvalue weighted by atomic mass is 10.1. The SMILES string of the molecule is C=C1c2ccccc2C(=O)N1CC(=O)N1CCN(S(=O)(=O)c2c[nH]c3ncccc23)CC1. The number of aromatic nitrogens is 2. The van der Waals surface area contributed by atoms with Gasteiger partial charge in [0.25, 0.3) is 5.91 Å². The van der Waals surface area contributed by atoms with Crippen LogP contribution in [0.5, 0.6) is 0 Å². The molecule has 1 saturated heterocycles. The molecule has 3 aromatic rings. The number of sulfonamides is 1. The summed E-state index contributed by atoms with van der Waals surface area (Å²) in [5, 5.41) is 0.539. The topological polar surface area (TPSA) is 107 Å². The van der Waals surface area contributed by atoms with Gasteiger partial charge in [0.15, 0.2) is 0 Å². The Morgan fingerprint density at radius 3 is 2.50 bits per heavy atom. The fourth-order valence-electron chi connectivity index (χ4n) is 4.20. The average Bonchev–Trinajstić information content (AvgIpc) is 3.35. The van der Waals surface area contributed by atoms with Crippen molar-refractivity contribution in [2.24, 2.45) is 0 Å². The summed E-state index contributed by atoms with van der Waals surface area (Å²) < 4.78 is 27.7. The Balaban J connectivity index is 1.26. The van der Waals surface area contributed by atoms with Crippen LogP contribution >= 0.6 is 0 Å². The summed E-state index contributed by atoms with van der Waals surface area (Å²) in [6, 6.07) is 10.5. The molecule has 2 aliphatic rings. The number of piperazine rings is 1. The van der Waals surface area contributed by atoms with Crippen molar-refractivity contribution in [2.45, 2.75) is 4.90 Å². The molecule has 0 aliphatic carbocycles. The molecule has 0 unspecified atom stereocenters. The van der Waals surface area contributed by atoms with Gasteiger partial charge in [-0.1, -0.05) is 24.8 Å². The number of benzene rings is 1. The van der Waals surface area contributed by atoms with Gasteiger partial charge in [0.05, 0.1) is 0 Å². The number of amides is 2. The second kappa shape index (κ2) is 7.57. The smallest absolute Gasteiger partial charge is 0.259 e. The number of rotatable bonds is 4. The monoisotopic (exact) mass is 451 g/mol. The van der Waals surface area contributed by atoms with Crippen molar-refractivity contribution in [1.29, 1.82) is 0 Å². The number of nitrogens with one attached hydrogen (secondary N) is 1. The van der Waals surface area contributed by atoms with Gasteiger partial charge in [-0.05, 0) is 18.2 Å². The van der Waals surface area contributed by atoms with Gasteiger partial charge in [0, 0.05) is 60.8 Å². The molecule has 0 bridgehead atoms. The highest BCUT2D eigenvalue weighted by molar-refractivity contribution is 7.89. The van der Waals surface area contributed by atoms with Gasteiger partial charge < -0.3 is 9.88 Å². The molecule has 1 aromatic carbocycles. The first-order chi connectivity index (χ1) is 15.4. The molecule has 4 heterocycles. The highest BCUT2D eigenvalue weighted by atomic mass is 32.2. The molecule has 164 valence electrons. The number of H-pyrrole nitrogens is 1. The third kappa shape index (κ3) is 3.19. The van der Waals surface area contributed by atoms with Gasteiger partial charge >= 0.3 is 0 Å². The van der Waals surface area contributed by atoms with Crippen LogP contribution in [0.4, 0.5) is 0 Å². The summed E-state index contributed by atoms with van der Waals surface area (Å²) >= 11 is 0. The van der Waals surface area contributed by atoms with E-state index in [9.17, 15) is 18.0 Å². The number of pyridine rings is 1. The second-order valence-electron chi connectivity index (χ2n) is 7.72. The highest BCUT2D eigenvalue weighted by Gasteiger charge is 2.35. The third-order valence-electron chi connectivity index (χ3n) is 5.96. The van der Waals surface area contributed by atoms with Gasteiger partial charge in [-0.3, -0.25) is 14.5 Å². The minimum Gasteiger partial charge on any atom is -0.345 e. The van der Waals surface area contributed by atoms with E-state index in [0.717, 1.165) is 5.56 Å². The van der Waals surface area contributed by atoms with Crippen LogP contribution in [-0.2, 0) is 14.8 Å². The fourth-order valence-corrected chi connectivity index (χ4v) is 5.77. The summed E-state index contributed by atoms with van der Waals surface area (Å²) in [5.41, 5.74) is 2.29. The number of fused-ring (bicyclic) bond motifs is 2. The zero-order valence-corrected chi connectivity index (χ0v) is 18.0. The Kier molecular flexibility index (Phi) is 4.83. The summed E-state index contributed by atoms with van der Waals surface area (Å²) in [7, 11) is -3.73. The molecule has 1 fully saturated rings. The molecule has 10 heteroatoms. The molecule has 5 rings (SSSR count). The molecule has 2 aliphatic heterocycles. The molecule has 0 radical (unpaired) electrons. The largest absolute Gasteiger partial charge is 0.345 e. The van der Waals surface area contributed by atoms with Crippen LogP contribution in [-0.4, -0.2) is 77.0 Å². The Labute approximate surface area is 185 Å². The van der Waals surface area contributed by atoms with E-state index in [1.807, 2.05) is 12.1 Å². The highest BCUT2D eigenvalue weighted by Crippen LogP contribution is 2.31. The van der Waals surface area contributed by atoms with Crippen LogP contribution < -0.4 is 0 Å². The van der Waals surface area contributed by atoms with Crippen LogP contribution in [0.3, 0.4) is 0 Å². The minimum atomic E-state index is -3.73. The van der Waals surface area contributed by atoms with E-state index in [0.29, 0.717) is 22.3 Å². The molecular weight excluding hydrogens is 430 g/mol. The average molecular weight is 452 g/mol. The van der Waals surface area contributed by atoms with Crippen molar-refractivity contribution in [3.63, 3.8) is 0 Å². The third-order valence-corrected chi connectivity index (χ3v) is 7.89.